The highest BCUT2D eigenvalue weighted by Gasteiger charge is 2.60. The molecule has 1 amide bonds. The Morgan fingerprint density at radius 2 is 1.87 bits per heavy atom. The molecule has 9 heteroatoms. The summed E-state index contributed by atoms with van der Waals surface area (Å²) in [5.74, 6) is -0.114. The van der Waals surface area contributed by atoms with Gasteiger partial charge in [0.25, 0.3) is 5.91 Å². The van der Waals surface area contributed by atoms with Crippen LogP contribution in [0.25, 0.3) is 0 Å². The van der Waals surface area contributed by atoms with Gasteiger partial charge in [0.15, 0.2) is 0 Å². The monoisotopic (exact) mass is 461 g/mol. The highest BCUT2D eigenvalue weighted by molar-refractivity contribution is 7.23. The lowest BCUT2D eigenvalue weighted by Crippen LogP contribution is -2.58. The van der Waals surface area contributed by atoms with Crippen LogP contribution in [0.3, 0.4) is 0 Å². The van der Waals surface area contributed by atoms with Crippen LogP contribution in [-0.4, -0.2) is 54.1 Å². The van der Waals surface area contributed by atoms with Crippen LogP contribution in [0, 0.1) is 0 Å². The van der Waals surface area contributed by atoms with Gasteiger partial charge in [0, 0.05) is 14.7 Å². The van der Waals surface area contributed by atoms with E-state index in [1.54, 1.807) is 17.0 Å². The summed E-state index contributed by atoms with van der Waals surface area (Å²) in [5, 5.41) is 10.8. The van der Waals surface area contributed by atoms with Crippen molar-refractivity contribution in [2.24, 2.45) is 0 Å². The molecule has 2 fully saturated rings. The van der Waals surface area contributed by atoms with Gasteiger partial charge in [-0.3, -0.25) is 4.79 Å². The first kappa shape index (κ1) is 21.4. The molecule has 1 aromatic heterocycles. The first-order valence-corrected chi connectivity index (χ1v) is 11.6. The molecule has 2 aromatic rings. The summed E-state index contributed by atoms with van der Waals surface area (Å²) in [6, 6.07) is 8.67. The van der Waals surface area contributed by atoms with Crippen molar-refractivity contribution in [3.05, 3.63) is 51.4 Å². The molecule has 6 nitrogen and oxygen atoms in total. The van der Waals surface area contributed by atoms with Crippen molar-refractivity contribution >= 4 is 40.7 Å². The van der Waals surface area contributed by atoms with Gasteiger partial charge in [0.1, 0.15) is 5.54 Å². The molecule has 31 heavy (non-hydrogen) atoms. The quantitative estimate of drug-likeness (QED) is 0.709. The van der Waals surface area contributed by atoms with Crippen molar-refractivity contribution in [1.82, 2.24) is 4.90 Å². The van der Waals surface area contributed by atoms with E-state index in [2.05, 4.69) is 0 Å². The summed E-state index contributed by atoms with van der Waals surface area (Å²) >= 11 is 7.72. The van der Waals surface area contributed by atoms with Gasteiger partial charge in [0.2, 0.25) is 0 Å². The normalized spacial score (nSPS) is 23.9. The summed E-state index contributed by atoms with van der Waals surface area (Å²) in [6.07, 6.45) is 0. The van der Waals surface area contributed by atoms with Gasteiger partial charge < -0.3 is 24.1 Å². The Morgan fingerprint density at radius 1 is 1.19 bits per heavy atom. The molecule has 1 N–H and O–H groups in total. The SMILES string of the molecule is CC1(C)OB(c2cc3c(s2)C2(COC2)N([C@H](CO)c2cccc(Cl)c2)C3=O)OC1(C)C. The molecule has 3 aliphatic heterocycles. The van der Waals surface area contributed by atoms with E-state index in [0.717, 1.165) is 15.2 Å². The number of rotatable bonds is 4. The first-order chi connectivity index (χ1) is 14.6. The third-order valence-corrected chi connectivity index (χ3v) is 8.55. The molecule has 0 saturated carbocycles. The van der Waals surface area contributed by atoms with Crippen molar-refractivity contribution in [1.29, 1.82) is 0 Å². The van der Waals surface area contributed by atoms with E-state index < -0.39 is 29.9 Å². The minimum Gasteiger partial charge on any atom is -0.399 e. The number of ether oxygens (including phenoxy) is 1. The van der Waals surface area contributed by atoms with Gasteiger partial charge in [-0.2, -0.15) is 0 Å². The topological polar surface area (TPSA) is 68.2 Å². The number of benzene rings is 1. The van der Waals surface area contributed by atoms with Gasteiger partial charge in [-0.25, -0.2) is 0 Å². The minimum absolute atomic E-state index is 0.114. The third-order valence-electron chi connectivity index (χ3n) is 6.97. The molecule has 0 unspecified atom stereocenters. The highest BCUT2D eigenvalue weighted by atomic mass is 35.5. The molecule has 1 aromatic carbocycles. The Morgan fingerprint density at radius 3 is 2.42 bits per heavy atom. The van der Waals surface area contributed by atoms with Gasteiger partial charge in [-0.15, -0.1) is 11.3 Å². The molecule has 0 aliphatic carbocycles. The predicted molar refractivity (Wildman–Crippen MR) is 120 cm³/mol. The summed E-state index contributed by atoms with van der Waals surface area (Å²) in [7, 11) is -0.513. The second-order valence-corrected chi connectivity index (χ2v) is 11.0. The number of amides is 1. The van der Waals surface area contributed by atoms with Crippen molar-refractivity contribution in [3.63, 3.8) is 0 Å². The molecule has 3 aliphatic rings. The van der Waals surface area contributed by atoms with Crippen molar-refractivity contribution in [3.8, 4) is 0 Å². The fourth-order valence-corrected chi connectivity index (χ4v) is 5.94. The maximum atomic E-state index is 13.6. The van der Waals surface area contributed by atoms with E-state index >= 15 is 0 Å². The lowest BCUT2D eigenvalue weighted by molar-refractivity contribution is -0.139. The van der Waals surface area contributed by atoms with E-state index in [4.69, 9.17) is 25.6 Å². The number of hydrogen-bond donors (Lipinski definition) is 1. The van der Waals surface area contributed by atoms with Crippen LogP contribution in [0.2, 0.25) is 5.02 Å². The number of hydrogen-bond acceptors (Lipinski definition) is 6. The molecule has 1 spiro atoms. The van der Waals surface area contributed by atoms with Crippen LogP contribution in [0.4, 0.5) is 0 Å². The van der Waals surface area contributed by atoms with E-state index in [1.165, 1.54) is 11.3 Å². The number of thiophene rings is 1. The number of nitrogens with zero attached hydrogens (tertiary/aromatic N) is 1. The summed E-state index contributed by atoms with van der Waals surface area (Å²) in [5.41, 5.74) is -0.0501. The fraction of sp³-hybridized carbons (Fsp3) is 0.500. The van der Waals surface area contributed by atoms with Crippen molar-refractivity contribution < 1.29 is 23.9 Å². The van der Waals surface area contributed by atoms with Crippen LogP contribution < -0.4 is 4.78 Å². The minimum atomic E-state index is -0.589. The summed E-state index contributed by atoms with van der Waals surface area (Å²) < 4.78 is 18.9. The number of fused-ring (bicyclic) bond motifs is 2. The van der Waals surface area contributed by atoms with Crippen LogP contribution in [0.5, 0.6) is 0 Å². The maximum absolute atomic E-state index is 13.6. The van der Waals surface area contributed by atoms with E-state index in [0.29, 0.717) is 23.8 Å². The predicted octanol–water partition coefficient (Wildman–Crippen LogP) is 3.12. The highest BCUT2D eigenvalue weighted by Crippen LogP contribution is 2.51. The lowest BCUT2D eigenvalue weighted by atomic mass is 9.87. The van der Waals surface area contributed by atoms with Crippen molar-refractivity contribution in [2.75, 3.05) is 19.8 Å². The molecular formula is C22H25BClNO5S. The Bertz CT molecular complexity index is 1030. The number of aliphatic hydroxyl groups excluding tert-OH is 1. The summed E-state index contributed by atoms with van der Waals surface area (Å²) in [4.78, 5) is 16.3. The molecular weight excluding hydrogens is 437 g/mol. The van der Waals surface area contributed by atoms with E-state index in [9.17, 15) is 9.90 Å². The molecule has 2 saturated heterocycles. The Balaban J connectivity index is 1.52. The van der Waals surface area contributed by atoms with Gasteiger partial charge in [-0.05, 0) is 51.5 Å². The molecule has 0 radical (unpaired) electrons. The van der Waals surface area contributed by atoms with E-state index in [1.807, 2.05) is 45.9 Å². The largest absolute Gasteiger partial charge is 0.505 e. The van der Waals surface area contributed by atoms with Crippen LogP contribution in [0.1, 0.15) is 54.5 Å². The Hall–Kier alpha value is -1.42. The van der Waals surface area contributed by atoms with Gasteiger partial charge in [0.05, 0.1) is 42.6 Å². The summed E-state index contributed by atoms with van der Waals surface area (Å²) in [6.45, 7) is 8.64. The average molecular weight is 462 g/mol. The van der Waals surface area contributed by atoms with Gasteiger partial charge in [-0.1, -0.05) is 23.7 Å². The van der Waals surface area contributed by atoms with E-state index in [-0.39, 0.29) is 12.5 Å². The zero-order valence-electron chi connectivity index (χ0n) is 18.0. The van der Waals surface area contributed by atoms with Crippen LogP contribution in [0.15, 0.2) is 30.3 Å². The Labute approximate surface area is 191 Å². The van der Waals surface area contributed by atoms with Crippen LogP contribution in [-0.2, 0) is 19.6 Å². The second kappa shape index (κ2) is 7.04. The first-order valence-electron chi connectivity index (χ1n) is 10.4. The number of carbonyl (C=O) groups is 1. The molecule has 0 bridgehead atoms. The lowest BCUT2D eigenvalue weighted by Gasteiger charge is -2.48. The molecule has 5 rings (SSSR count). The standard InChI is InChI=1S/C22H25BClNO5S/c1-20(2)21(3,4)30-23(29-20)17-9-15-18(31-17)22(11-28-12-22)25(19(15)27)16(10-26)13-6-5-7-14(24)8-13/h5-9,16,26H,10-12H2,1-4H3/t16-/m1/s1. The van der Waals surface area contributed by atoms with Gasteiger partial charge >= 0.3 is 7.12 Å². The fourth-order valence-electron chi connectivity index (χ4n) is 4.48. The molecule has 4 heterocycles. The maximum Gasteiger partial charge on any atom is 0.505 e. The smallest absolute Gasteiger partial charge is 0.399 e. The number of halogens is 1. The number of aliphatic hydroxyl groups is 1. The second-order valence-electron chi connectivity index (χ2n) is 9.43. The third kappa shape index (κ3) is 3.04. The Kier molecular flexibility index (Phi) is 4.87. The molecule has 164 valence electrons. The number of carbonyl (C=O) groups excluding carboxylic acids is 1. The zero-order chi connectivity index (χ0) is 22.2. The van der Waals surface area contributed by atoms with Crippen molar-refractivity contribution in [2.45, 2.75) is 50.5 Å². The molecule has 1 atom stereocenters. The zero-order valence-corrected chi connectivity index (χ0v) is 19.5. The van der Waals surface area contributed by atoms with Crippen LogP contribution >= 0.6 is 22.9 Å². The average Bonchev–Trinajstić information content (AvgIpc) is 3.25.